The van der Waals surface area contributed by atoms with Crippen LogP contribution in [0.5, 0.6) is 0 Å². The number of carbonyl (C=O) groups excluding carboxylic acids is 1. The number of nitrogens with zero attached hydrogens (tertiary/aromatic N) is 2. The first-order valence-corrected chi connectivity index (χ1v) is 8.24. The summed E-state index contributed by atoms with van der Waals surface area (Å²) in [4.78, 5) is 17.4. The van der Waals surface area contributed by atoms with Gasteiger partial charge in [-0.3, -0.25) is 9.69 Å². The summed E-state index contributed by atoms with van der Waals surface area (Å²) in [7, 11) is 0. The second-order valence-electron chi connectivity index (χ2n) is 6.41. The molecule has 4 nitrogen and oxygen atoms in total. The van der Waals surface area contributed by atoms with Crippen LogP contribution in [0.15, 0.2) is 0 Å². The summed E-state index contributed by atoms with van der Waals surface area (Å²) < 4.78 is 0. The summed E-state index contributed by atoms with van der Waals surface area (Å²) in [6, 6.07) is 0.567. The Balaban J connectivity index is 2.71. The van der Waals surface area contributed by atoms with Gasteiger partial charge in [0, 0.05) is 38.8 Å². The second-order valence-corrected chi connectivity index (χ2v) is 6.41. The fourth-order valence-corrected chi connectivity index (χ4v) is 3.36. The van der Waals surface area contributed by atoms with Crippen molar-refractivity contribution in [3.05, 3.63) is 0 Å². The number of carbonyl (C=O) groups is 1. The van der Waals surface area contributed by atoms with E-state index >= 15 is 0 Å². The molecule has 2 N–H and O–H groups in total. The zero-order chi connectivity index (χ0) is 15.2. The van der Waals surface area contributed by atoms with Crippen LogP contribution in [0.3, 0.4) is 0 Å². The Morgan fingerprint density at radius 3 is 1.95 bits per heavy atom. The predicted octanol–water partition coefficient (Wildman–Crippen LogP) is 2.08. The lowest BCUT2D eigenvalue weighted by Gasteiger charge is -2.42. The number of nitrogens with two attached hydrogens (primary N) is 1. The molecular weight excluding hydrogens is 250 g/mol. The van der Waals surface area contributed by atoms with Crippen molar-refractivity contribution < 1.29 is 4.79 Å². The van der Waals surface area contributed by atoms with Gasteiger partial charge in [0.2, 0.25) is 5.91 Å². The standard InChI is InChI=1S/C16H33N3O/c1-5-7-16(13-17,8-6-2)15(20)19-11-9-18(10-12-19)14(3)4/h14H,5-13,17H2,1-4H3. The molecule has 0 bridgehead atoms. The molecule has 0 aromatic rings. The third-order valence-corrected chi connectivity index (χ3v) is 4.63. The Kier molecular flexibility index (Phi) is 6.96. The van der Waals surface area contributed by atoms with Gasteiger partial charge < -0.3 is 10.6 Å². The Morgan fingerprint density at radius 2 is 1.60 bits per heavy atom. The highest BCUT2D eigenvalue weighted by molar-refractivity contribution is 5.83. The van der Waals surface area contributed by atoms with E-state index in [1.54, 1.807) is 0 Å². The molecule has 0 radical (unpaired) electrons. The van der Waals surface area contributed by atoms with Crippen LogP contribution in [0.2, 0.25) is 0 Å². The van der Waals surface area contributed by atoms with Crippen LogP contribution in [-0.4, -0.2) is 54.5 Å². The molecule has 0 aromatic heterocycles. The van der Waals surface area contributed by atoms with Crippen LogP contribution in [0, 0.1) is 5.41 Å². The molecule has 1 fully saturated rings. The monoisotopic (exact) mass is 283 g/mol. The molecule has 0 saturated carbocycles. The number of rotatable bonds is 7. The number of amides is 1. The smallest absolute Gasteiger partial charge is 0.230 e. The highest BCUT2D eigenvalue weighted by atomic mass is 16.2. The van der Waals surface area contributed by atoms with Crippen LogP contribution >= 0.6 is 0 Å². The molecule has 20 heavy (non-hydrogen) atoms. The first-order chi connectivity index (χ1) is 9.50. The van der Waals surface area contributed by atoms with Crippen LogP contribution in [0.25, 0.3) is 0 Å². The van der Waals surface area contributed by atoms with Crippen LogP contribution in [0.4, 0.5) is 0 Å². The summed E-state index contributed by atoms with van der Waals surface area (Å²) in [6.45, 7) is 12.9. The molecule has 0 aliphatic carbocycles. The number of hydrogen-bond acceptors (Lipinski definition) is 3. The average Bonchev–Trinajstić information content (AvgIpc) is 2.46. The summed E-state index contributed by atoms with van der Waals surface area (Å²) in [5.74, 6) is 0.298. The topological polar surface area (TPSA) is 49.6 Å². The van der Waals surface area contributed by atoms with Crippen molar-refractivity contribution in [1.82, 2.24) is 9.80 Å². The molecule has 0 aromatic carbocycles. The van der Waals surface area contributed by atoms with Crippen molar-refractivity contribution in [1.29, 1.82) is 0 Å². The Labute approximate surface area is 124 Å². The zero-order valence-electron chi connectivity index (χ0n) is 13.8. The van der Waals surface area contributed by atoms with E-state index in [0.717, 1.165) is 51.9 Å². The van der Waals surface area contributed by atoms with E-state index in [2.05, 4.69) is 37.5 Å². The minimum absolute atomic E-state index is 0.298. The second kappa shape index (κ2) is 7.99. The fourth-order valence-electron chi connectivity index (χ4n) is 3.36. The van der Waals surface area contributed by atoms with Crippen molar-refractivity contribution in [3.63, 3.8) is 0 Å². The van der Waals surface area contributed by atoms with Gasteiger partial charge in [0.15, 0.2) is 0 Å². The lowest BCUT2D eigenvalue weighted by atomic mass is 9.77. The van der Waals surface area contributed by atoms with Gasteiger partial charge in [-0.1, -0.05) is 26.7 Å². The van der Waals surface area contributed by atoms with E-state index < -0.39 is 0 Å². The molecule has 1 aliphatic rings. The highest BCUT2D eigenvalue weighted by Crippen LogP contribution is 2.31. The van der Waals surface area contributed by atoms with E-state index in [-0.39, 0.29) is 5.41 Å². The van der Waals surface area contributed by atoms with Crippen molar-refractivity contribution in [3.8, 4) is 0 Å². The van der Waals surface area contributed by atoms with Crippen molar-refractivity contribution >= 4 is 5.91 Å². The van der Waals surface area contributed by atoms with Crippen molar-refractivity contribution in [2.24, 2.45) is 11.1 Å². The zero-order valence-corrected chi connectivity index (χ0v) is 13.8. The Bertz CT molecular complexity index is 290. The predicted molar refractivity (Wildman–Crippen MR) is 84.6 cm³/mol. The molecule has 118 valence electrons. The van der Waals surface area contributed by atoms with Gasteiger partial charge in [0.1, 0.15) is 0 Å². The summed E-state index contributed by atoms with van der Waals surface area (Å²) in [5, 5.41) is 0. The van der Waals surface area contributed by atoms with Crippen molar-refractivity contribution in [2.45, 2.75) is 59.4 Å². The first-order valence-electron chi connectivity index (χ1n) is 8.24. The summed E-state index contributed by atoms with van der Waals surface area (Å²) in [5.41, 5.74) is 5.69. The molecule has 0 unspecified atom stereocenters. The Morgan fingerprint density at radius 1 is 1.10 bits per heavy atom. The SMILES string of the molecule is CCCC(CN)(CCC)C(=O)N1CCN(C(C)C)CC1. The van der Waals surface area contributed by atoms with Gasteiger partial charge >= 0.3 is 0 Å². The molecule has 1 heterocycles. The highest BCUT2D eigenvalue weighted by Gasteiger charge is 2.39. The maximum absolute atomic E-state index is 12.9. The van der Waals surface area contributed by atoms with Crippen molar-refractivity contribution in [2.75, 3.05) is 32.7 Å². The third-order valence-electron chi connectivity index (χ3n) is 4.63. The molecule has 1 saturated heterocycles. The molecule has 0 spiro atoms. The third kappa shape index (κ3) is 3.95. The molecule has 0 atom stereocenters. The molecule has 1 aliphatic heterocycles. The lowest BCUT2D eigenvalue weighted by molar-refractivity contribution is -0.144. The average molecular weight is 283 g/mol. The van der Waals surface area contributed by atoms with E-state index in [1.807, 2.05) is 0 Å². The van der Waals surface area contributed by atoms with Gasteiger partial charge in [-0.15, -0.1) is 0 Å². The molecule has 4 heteroatoms. The van der Waals surface area contributed by atoms with E-state index in [9.17, 15) is 4.79 Å². The van der Waals surface area contributed by atoms with E-state index in [0.29, 0.717) is 18.5 Å². The summed E-state index contributed by atoms with van der Waals surface area (Å²) in [6.07, 6.45) is 3.88. The minimum atomic E-state index is -0.316. The van der Waals surface area contributed by atoms with E-state index in [1.165, 1.54) is 0 Å². The van der Waals surface area contributed by atoms with Crippen LogP contribution < -0.4 is 5.73 Å². The summed E-state index contributed by atoms with van der Waals surface area (Å²) >= 11 is 0. The van der Waals surface area contributed by atoms with Crippen LogP contribution in [0.1, 0.15) is 53.4 Å². The maximum atomic E-state index is 12.9. The lowest BCUT2D eigenvalue weighted by Crippen LogP contribution is -2.56. The maximum Gasteiger partial charge on any atom is 0.230 e. The van der Waals surface area contributed by atoms with E-state index in [4.69, 9.17) is 5.73 Å². The van der Waals surface area contributed by atoms with Gasteiger partial charge in [-0.05, 0) is 26.7 Å². The van der Waals surface area contributed by atoms with Gasteiger partial charge in [0.25, 0.3) is 0 Å². The van der Waals surface area contributed by atoms with Gasteiger partial charge in [-0.2, -0.15) is 0 Å². The quantitative estimate of drug-likeness (QED) is 0.778. The Hall–Kier alpha value is -0.610. The minimum Gasteiger partial charge on any atom is -0.340 e. The normalized spacial score (nSPS) is 17.8. The van der Waals surface area contributed by atoms with Gasteiger partial charge in [-0.25, -0.2) is 0 Å². The number of hydrogen-bond donors (Lipinski definition) is 1. The molecule has 1 rings (SSSR count). The van der Waals surface area contributed by atoms with Gasteiger partial charge in [0.05, 0.1) is 5.41 Å². The largest absolute Gasteiger partial charge is 0.340 e. The first kappa shape index (κ1) is 17.4. The van der Waals surface area contributed by atoms with Crippen LogP contribution in [-0.2, 0) is 4.79 Å². The fraction of sp³-hybridized carbons (Fsp3) is 0.938. The molecule has 1 amide bonds. The number of piperazine rings is 1. The molecular formula is C16H33N3O.